The number of thioether (sulfide) groups is 1. The van der Waals surface area contributed by atoms with Crippen molar-refractivity contribution in [2.24, 2.45) is 12.0 Å². The summed E-state index contributed by atoms with van der Waals surface area (Å²) in [7, 11) is 3.79. The first kappa shape index (κ1) is 17.6. The molecule has 0 bridgehead atoms. The maximum Gasteiger partial charge on any atom is 0.193 e. The van der Waals surface area contributed by atoms with E-state index < -0.39 is 0 Å². The highest BCUT2D eigenvalue weighted by atomic mass is 127. The maximum atomic E-state index is 4.40. The third kappa shape index (κ3) is 4.83. The summed E-state index contributed by atoms with van der Waals surface area (Å²) in [6.07, 6.45) is 5.14. The molecule has 0 saturated carbocycles. The lowest BCUT2D eigenvalue weighted by Crippen LogP contribution is -2.47. The summed E-state index contributed by atoms with van der Waals surface area (Å²) in [4.78, 5) is 6.76. The van der Waals surface area contributed by atoms with Gasteiger partial charge in [0.1, 0.15) is 0 Å². The Morgan fingerprint density at radius 1 is 1.60 bits per heavy atom. The van der Waals surface area contributed by atoms with Crippen LogP contribution in [-0.4, -0.2) is 51.8 Å². The fourth-order valence-corrected chi connectivity index (χ4v) is 3.42. The Hall–Kier alpha value is -0.440. The molecule has 1 unspecified atom stereocenters. The number of aliphatic imine (C=N–C) groups is 1. The van der Waals surface area contributed by atoms with Gasteiger partial charge in [-0.2, -0.15) is 16.9 Å². The predicted molar refractivity (Wildman–Crippen MR) is 96.9 cm³/mol. The minimum Gasteiger partial charge on any atom is -0.352 e. The van der Waals surface area contributed by atoms with E-state index in [1.165, 1.54) is 17.7 Å². The Balaban J connectivity index is 0.00000200. The zero-order chi connectivity index (χ0) is 13.7. The van der Waals surface area contributed by atoms with Crippen molar-refractivity contribution in [3.05, 3.63) is 18.0 Å². The average molecular weight is 409 g/mol. The van der Waals surface area contributed by atoms with E-state index in [4.69, 9.17) is 0 Å². The lowest BCUT2D eigenvalue weighted by atomic mass is 10.3. The third-order valence-electron chi connectivity index (χ3n) is 3.31. The third-order valence-corrected chi connectivity index (χ3v) is 4.69. The van der Waals surface area contributed by atoms with Gasteiger partial charge in [0.2, 0.25) is 0 Å². The van der Waals surface area contributed by atoms with Crippen LogP contribution in [0.25, 0.3) is 0 Å². The first-order valence-corrected chi connectivity index (χ1v) is 7.82. The highest BCUT2D eigenvalue weighted by Crippen LogP contribution is 2.21. The number of rotatable bonds is 3. The van der Waals surface area contributed by atoms with Gasteiger partial charge in [0.05, 0.1) is 6.20 Å². The van der Waals surface area contributed by atoms with E-state index >= 15 is 0 Å². The van der Waals surface area contributed by atoms with Crippen LogP contribution in [0.4, 0.5) is 0 Å². The van der Waals surface area contributed by atoms with Crippen LogP contribution in [0.3, 0.4) is 0 Å². The quantitative estimate of drug-likeness (QED) is 0.471. The van der Waals surface area contributed by atoms with Crippen LogP contribution >= 0.6 is 35.7 Å². The van der Waals surface area contributed by atoms with Crippen molar-refractivity contribution in [2.75, 3.05) is 25.9 Å². The number of aromatic nitrogens is 2. The first-order valence-electron chi connectivity index (χ1n) is 6.77. The number of hydrogen-bond donors (Lipinski definition) is 1. The second-order valence-electron chi connectivity index (χ2n) is 4.77. The topological polar surface area (TPSA) is 45.4 Å². The molecule has 1 aliphatic heterocycles. The van der Waals surface area contributed by atoms with Crippen LogP contribution in [0.1, 0.15) is 18.9 Å². The molecule has 1 aromatic heterocycles. The maximum absolute atomic E-state index is 4.40. The summed E-state index contributed by atoms with van der Waals surface area (Å²) in [5.74, 6) is 2.19. The first-order chi connectivity index (χ1) is 9.22. The summed E-state index contributed by atoms with van der Waals surface area (Å²) < 4.78 is 1.82. The smallest absolute Gasteiger partial charge is 0.193 e. The molecule has 1 aliphatic rings. The number of hydrogen-bond acceptors (Lipinski definition) is 3. The molecule has 1 N–H and O–H groups in total. The number of aryl methyl sites for hydroxylation is 1. The second-order valence-corrected chi connectivity index (χ2v) is 6.18. The van der Waals surface area contributed by atoms with Crippen molar-refractivity contribution in [1.29, 1.82) is 0 Å². The second kappa shape index (κ2) is 8.76. The van der Waals surface area contributed by atoms with Crippen LogP contribution in [0.2, 0.25) is 0 Å². The molecule has 114 valence electrons. The van der Waals surface area contributed by atoms with Gasteiger partial charge >= 0.3 is 0 Å². The molecule has 0 aromatic carbocycles. The van der Waals surface area contributed by atoms with E-state index in [1.54, 1.807) is 0 Å². The van der Waals surface area contributed by atoms with Gasteiger partial charge in [0, 0.05) is 56.5 Å². The standard InChI is InChI=1S/C13H23N5S.HI/c1-4-12-10-18(5-6-19-12)13(14-2)15-7-11-8-16-17(3)9-11;/h8-9,12H,4-7,10H2,1-3H3,(H,14,15);1H. The van der Waals surface area contributed by atoms with Gasteiger partial charge in [-0.25, -0.2) is 0 Å². The fourth-order valence-electron chi connectivity index (χ4n) is 2.24. The van der Waals surface area contributed by atoms with Crippen molar-refractivity contribution in [3.8, 4) is 0 Å². The number of halogens is 1. The Bertz CT molecular complexity index is 434. The molecule has 0 amide bonds. The molecule has 0 aliphatic carbocycles. The van der Waals surface area contributed by atoms with Gasteiger partial charge in [-0.1, -0.05) is 6.92 Å². The summed E-state index contributed by atoms with van der Waals surface area (Å²) >= 11 is 2.07. The molecular weight excluding hydrogens is 385 g/mol. The van der Waals surface area contributed by atoms with Gasteiger partial charge in [-0.15, -0.1) is 24.0 Å². The SMILES string of the molecule is CCC1CN(C(=NC)NCc2cnn(C)c2)CCS1.I. The van der Waals surface area contributed by atoms with Gasteiger partial charge in [-0.05, 0) is 6.42 Å². The largest absolute Gasteiger partial charge is 0.352 e. The zero-order valence-corrected chi connectivity index (χ0v) is 15.5. The number of nitrogens with zero attached hydrogens (tertiary/aromatic N) is 4. The zero-order valence-electron chi connectivity index (χ0n) is 12.4. The van der Waals surface area contributed by atoms with Crippen LogP contribution in [-0.2, 0) is 13.6 Å². The molecule has 20 heavy (non-hydrogen) atoms. The number of nitrogens with one attached hydrogen (secondary N) is 1. The van der Waals surface area contributed by atoms with E-state index in [-0.39, 0.29) is 24.0 Å². The highest BCUT2D eigenvalue weighted by Gasteiger charge is 2.21. The van der Waals surface area contributed by atoms with Crippen LogP contribution in [0, 0.1) is 0 Å². The van der Waals surface area contributed by atoms with E-state index in [2.05, 4.69) is 39.0 Å². The van der Waals surface area contributed by atoms with Crippen LogP contribution in [0.5, 0.6) is 0 Å². The van der Waals surface area contributed by atoms with Gasteiger partial charge < -0.3 is 10.2 Å². The molecule has 5 nitrogen and oxygen atoms in total. The van der Waals surface area contributed by atoms with E-state index in [9.17, 15) is 0 Å². The minimum atomic E-state index is 0. The predicted octanol–water partition coefficient (Wildman–Crippen LogP) is 1.94. The highest BCUT2D eigenvalue weighted by molar-refractivity contribution is 14.0. The molecule has 0 radical (unpaired) electrons. The lowest BCUT2D eigenvalue weighted by Gasteiger charge is -2.34. The van der Waals surface area contributed by atoms with Gasteiger partial charge in [0.15, 0.2) is 5.96 Å². The molecule has 1 fully saturated rings. The molecule has 2 heterocycles. The van der Waals surface area contributed by atoms with Gasteiger partial charge in [-0.3, -0.25) is 9.67 Å². The molecular formula is C13H24IN5S. The Morgan fingerprint density at radius 2 is 2.40 bits per heavy atom. The van der Waals surface area contributed by atoms with Crippen LogP contribution in [0.15, 0.2) is 17.4 Å². The van der Waals surface area contributed by atoms with Crippen molar-refractivity contribution >= 4 is 41.7 Å². The van der Waals surface area contributed by atoms with E-state index in [1.807, 2.05) is 31.2 Å². The summed E-state index contributed by atoms with van der Waals surface area (Å²) in [6, 6.07) is 0. The molecule has 2 rings (SSSR count). The molecule has 7 heteroatoms. The Labute approximate surface area is 142 Å². The van der Waals surface area contributed by atoms with E-state index in [0.29, 0.717) is 0 Å². The number of guanidine groups is 1. The molecule has 1 atom stereocenters. The fraction of sp³-hybridized carbons (Fsp3) is 0.692. The summed E-state index contributed by atoms with van der Waals surface area (Å²) in [6.45, 7) is 5.20. The lowest BCUT2D eigenvalue weighted by molar-refractivity contribution is 0.408. The van der Waals surface area contributed by atoms with Crippen molar-refractivity contribution < 1.29 is 0 Å². The van der Waals surface area contributed by atoms with E-state index in [0.717, 1.165) is 30.8 Å². The molecule has 0 spiro atoms. The molecule has 1 aromatic rings. The average Bonchev–Trinajstić information content (AvgIpc) is 2.85. The van der Waals surface area contributed by atoms with Crippen molar-refractivity contribution in [3.63, 3.8) is 0 Å². The van der Waals surface area contributed by atoms with Gasteiger partial charge in [0.25, 0.3) is 0 Å². The summed E-state index contributed by atoms with van der Waals surface area (Å²) in [5, 5.41) is 8.33. The van der Waals surface area contributed by atoms with Crippen molar-refractivity contribution in [1.82, 2.24) is 20.0 Å². The van der Waals surface area contributed by atoms with Crippen LogP contribution < -0.4 is 5.32 Å². The monoisotopic (exact) mass is 409 g/mol. The Kier molecular flexibility index (Phi) is 7.71. The Morgan fingerprint density at radius 3 is 3.00 bits per heavy atom. The van der Waals surface area contributed by atoms with Crippen molar-refractivity contribution in [2.45, 2.75) is 25.1 Å². The molecule has 1 saturated heterocycles. The summed E-state index contributed by atoms with van der Waals surface area (Å²) in [5.41, 5.74) is 1.18. The normalized spacial score (nSPS) is 19.6. The minimum absolute atomic E-state index is 0.